The number of amides is 1. The van der Waals surface area contributed by atoms with E-state index in [-0.39, 0.29) is 6.61 Å². The van der Waals surface area contributed by atoms with Crippen LogP contribution in [0.4, 0.5) is 4.79 Å². The van der Waals surface area contributed by atoms with Gasteiger partial charge in [-0.15, -0.1) is 0 Å². The van der Waals surface area contributed by atoms with Gasteiger partial charge < -0.3 is 10.1 Å². The van der Waals surface area contributed by atoms with Crippen LogP contribution in [-0.2, 0) is 11.3 Å². The zero-order chi connectivity index (χ0) is 10.9. The van der Waals surface area contributed by atoms with Gasteiger partial charge in [0.2, 0.25) is 0 Å². The number of alkyl carbamates (subject to hydrolysis) is 1. The number of aromatic nitrogens is 1. The molecule has 0 bridgehead atoms. The summed E-state index contributed by atoms with van der Waals surface area (Å²) in [5, 5.41) is 2.63. The van der Waals surface area contributed by atoms with Gasteiger partial charge in [-0.05, 0) is 29.9 Å². The van der Waals surface area contributed by atoms with E-state index in [2.05, 4.69) is 22.9 Å². The molecule has 0 aliphatic heterocycles. The number of ether oxygens (including phenoxy) is 1. The second-order valence-corrected chi connectivity index (χ2v) is 3.38. The number of hydrogen-bond acceptors (Lipinski definition) is 4. The molecule has 0 aliphatic rings. The number of carbonyl (C=O) groups excluding carboxylic acids is 1. The highest BCUT2D eigenvalue weighted by atomic mass is 32.1. The second kappa shape index (κ2) is 7.11. The summed E-state index contributed by atoms with van der Waals surface area (Å²) < 4.78 is 4.97. The summed E-state index contributed by atoms with van der Waals surface area (Å²) >= 11 is 4.03. The molecule has 0 fully saturated rings. The Morgan fingerprint density at radius 3 is 2.87 bits per heavy atom. The van der Waals surface area contributed by atoms with Crippen LogP contribution in [0.5, 0.6) is 0 Å². The van der Waals surface area contributed by atoms with Crippen LogP contribution < -0.4 is 5.32 Å². The minimum absolute atomic E-state index is 0.273. The molecule has 0 aliphatic carbocycles. The summed E-state index contributed by atoms with van der Waals surface area (Å²) in [6.07, 6.45) is 3.77. The third-order valence-corrected chi connectivity index (χ3v) is 2.04. The van der Waals surface area contributed by atoms with Crippen LogP contribution >= 0.6 is 12.6 Å². The summed E-state index contributed by atoms with van der Waals surface area (Å²) in [5.41, 5.74) is 0.925. The fourth-order valence-electron chi connectivity index (χ4n) is 0.948. The molecule has 0 atom stereocenters. The van der Waals surface area contributed by atoms with E-state index < -0.39 is 6.09 Å². The van der Waals surface area contributed by atoms with Gasteiger partial charge in [-0.1, -0.05) is 0 Å². The first kappa shape index (κ1) is 11.8. The number of rotatable bonds is 5. The zero-order valence-electron chi connectivity index (χ0n) is 8.35. The first-order valence-corrected chi connectivity index (χ1v) is 5.36. The largest absolute Gasteiger partial charge is 0.445 e. The van der Waals surface area contributed by atoms with E-state index in [9.17, 15) is 4.79 Å². The van der Waals surface area contributed by atoms with Gasteiger partial charge >= 0.3 is 6.09 Å². The first-order chi connectivity index (χ1) is 7.33. The Bertz CT molecular complexity index is 293. The van der Waals surface area contributed by atoms with E-state index in [4.69, 9.17) is 4.74 Å². The molecule has 0 saturated heterocycles. The molecule has 4 nitrogen and oxygen atoms in total. The highest BCUT2D eigenvalue weighted by Gasteiger charge is 2.00. The monoisotopic (exact) mass is 226 g/mol. The summed E-state index contributed by atoms with van der Waals surface area (Å²) in [4.78, 5) is 15.0. The minimum atomic E-state index is -0.395. The van der Waals surface area contributed by atoms with Crippen molar-refractivity contribution in [2.75, 3.05) is 12.3 Å². The molecular weight excluding hydrogens is 212 g/mol. The van der Waals surface area contributed by atoms with E-state index in [1.165, 1.54) is 0 Å². The quantitative estimate of drug-likeness (QED) is 0.592. The smallest absolute Gasteiger partial charge is 0.407 e. The Morgan fingerprint density at radius 1 is 1.47 bits per heavy atom. The molecule has 0 unspecified atom stereocenters. The van der Waals surface area contributed by atoms with Crippen molar-refractivity contribution in [1.29, 1.82) is 0 Å². The Hall–Kier alpha value is -1.23. The van der Waals surface area contributed by atoms with Gasteiger partial charge in [0.25, 0.3) is 0 Å². The SMILES string of the molecule is O=C(NCCCS)OCc1ccncc1. The number of nitrogens with one attached hydrogen (secondary N) is 1. The Morgan fingerprint density at radius 2 is 2.20 bits per heavy atom. The third kappa shape index (κ3) is 5.27. The maximum atomic E-state index is 11.1. The lowest BCUT2D eigenvalue weighted by Gasteiger charge is -2.05. The predicted octanol–water partition coefficient (Wildman–Crippen LogP) is 1.63. The number of pyridine rings is 1. The molecular formula is C10H14N2O2S. The second-order valence-electron chi connectivity index (χ2n) is 2.94. The summed E-state index contributed by atoms with van der Waals surface area (Å²) in [7, 11) is 0. The van der Waals surface area contributed by atoms with Crippen molar-refractivity contribution in [3.05, 3.63) is 30.1 Å². The number of carbonyl (C=O) groups is 1. The molecule has 82 valence electrons. The van der Waals surface area contributed by atoms with Crippen LogP contribution in [0, 0.1) is 0 Å². The topological polar surface area (TPSA) is 51.2 Å². The Kier molecular flexibility index (Phi) is 5.62. The van der Waals surface area contributed by atoms with Gasteiger partial charge in [-0.2, -0.15) is 12.6 Å². The molecule has 0 spiro atoms. The number of hydrogen-bond donors (Lipinski definition) is 2. The zero-order valence-corrected chi connectivity index (χ0v) is 9.24. The normalized spacial score (nSPS) is 9.67. The molecule has 1 N–H and O–H groups in total. The van der Waals surface area contributed by atoms with Crippen LogP contribution in [0.15, 0.2) is 24.5 Å². The average Bonchev–Trinajstić information content (AvgIpc) is 2.28. The van der Waals surface area contributed by atoms with Crippen LogP contribution in [0.2, 0.25) is 0 Å². The van der Waals surface area contributed by atoms with E-state index in [0.29, 0.717) is 6.54 Å². The van der Waals surface area contributed by atoms with Gasteiger partial charge in [-0.3, -0.25) is 4.98 Å². The lowest BCUT2D eigenvalue weighted by molar-refractivity contribution is 0.139. The number of nitrogens with zero attached hydrogens (tertiary/aromatic N) is 1. The molecule has 15 heavy (non-hydrogen) atoms. The van der Waals surface area contributed by atoms with E-state index in [1.54, 1.807) is 24.5 Å². The van der Waals surface area contributed by atoms with Gasteiger partial charge in [0, 0.05) is 18.9 Å². The maximum Gasteiger partial charge on any atom is 0.407 e. The molecule has 1 rings (SSSR count). The summed E-state index contributed by atoms with van der Waals surface area (Å²) in [6.45, 7) is 0.869. The molecule has 1 aromatic heterocycles. The van der Waals surface area contributed by atoms with E-state index in [1.807, 2.05) is 0 Å². The molecule has 1 aromatic rings. The van der Waals surface area contributed by atoms with E-state index >= 15 is 0 Å². The summed E-state index contributed by atoms with van der Waals surface area (Å²) in [6, 6.07) is 3.61. The average molecular weight is 226 g/mol. The molecule has 0 radical (unpaired) electrons. The maximum absolute atomic E-state index is 11.1. The molecule has 5 heteroatoms. The lowest BCUT2D eigenvalue weighted by Crippen LogP contribution is -2.25. The van der Waals surface area contributed by atoms with Crippen molar-refractivity contribution in [1.82, 2.24) is 10.3 Å². The van der Waals surface area contributed by atoms with Crippen LogP contribution in [0.3, 0.4) is 0 Å². The third-order valence-electron chi connectivity index (χ3n) is 1.72. The van der Waals surface area contributed by atoms with Crippen molar-refractivity contribution in [3.63, 3.8) is 0 Å². The number of thiol groups is 1. The van der Waals surface area contributed by atoms with Crippen molar-refractivity contribution in [2.24, 2.45) is 0 Å². The molecule has 0 saturated carbocycles. The fourth-order valence-corrected chi connectivity index (χ4v) is 1.11. The molecule has 1 amide bonds. The predicted molar refractivity (Wildman–Crippen MR) is 60.9 cm³/mol. The van der Waals surface area contributed by atoms with Crippen LogP contribution in [0.25, 0.3) is 0 Å². The van der Waals surface area contributed by atoms with Crippen molar-refractivity contribution in [2.45, 2.75) is 13.0 Å². The van der Waals surface area contributed by atoms with Gasteiger partial charge in [-0.25, -0.2) is 4.79 Å². The van der Waals surface area contributed by atoms with Crippen LogP contribution in [-0.4, -0.2) is 23.4 Å². The standard InChI is InChI=1S/C10H14N2O2S/c13-10(12-4-1-7-15)14-8-9-2-5-11-6-3-9/h2-3,5-6,15H,1,4,7-8H2,(H,12,13). The minimum Gasteiger partial charge on any atom is -0.445 e. The first-order valence-electron chi connectivity index (χ1n) is 4.73. The van der Waals surface area contributed by atoms with Gasteiger partial charge in [0.05, 0.1) is 0 Å². The van der Waals surface area contributed by atoms with Crippen LogP contribution in [0.1, 0.15) is 12.0 Å². The van der Waals surface area contributed by atoms with Gasteiger partial charge in [0.1, 0.15) is 6.61 Å². The summed E-state index contributed by atoms with van der Waals surface area (Å²) in [5.74, 6) is 0.755. The van der Waals surface area contributed by atoms with Gasteiger partial charge in [0.15, 0.2) is 0 Å². The fraction of sp³-hybridized carbons (Fsp3) is 0.400. The highest BCUT2D eigenvalue weighted by molar-refractivity contribution is 7.80. The van der Waals surface area contributed by atoms with Crippen molar-refractivity contribution >= 4 is 18.7 Å². The Balaban J connectivity index is 2.17. The lowest BCUT2D eigenvalue weighted by atomic mass is 10.3. The highest BCUT2D eigenvalue weighted by Crippen LogP contribution is 1.98. The Labute approximate surface area is 94.5 Å². The van der Waals surface area contributed by atoms with Crippen molar-refractivity contribution < 1.29 is 9.53 Å². The van der Waals surface area contributed by atoms with E-state index in [0.717, 1.165) is 17.7 Å². The van der Waals surface area contributed by atoms with Crippen molar-refractivity contribution in [3.8, 4) is 0 Å². The molecule has 0 aromatic carbocycles. The molecule has 1 heterocycles.